The molecule has 4 rings (SSSR count). The van der Waals surface area contributed by atoms with Gasteiger partial charge >= 0.3 is 0 Å². The largest absolute Gasteiger partial charge is 0.364 e. The van der Waals surface area contributed by atoms with Gasteiger partial charge in [-0.1, -0.05) is 23.4 Å². The SMILES string of the molecule is CCNC(=NCc1ccccc1-n1ccnc1)N1CCN(Cc2ccon2)CC1.I. The quantitative estimate of drug-likeness (QED) is 0.306. The van der Waals surface area contributed by atoms with E-state index in [1.54, 1.807) is 12.5 Å². The van der Waals surface area contributed by atoms with Gasteiger partial charge in [0.2, 0.25) is 0 Å². The Kier molecular flexibility index (Phi) is 8.26. The Morgan fingerprint density at radius 2 is 2.00 bits per heavy atom. The van der Waals surface area contributed by atoms with Gasteiger partial charge in [0.1, 0.15) is 6.26 Å². The minimum Gasteiger partial charge on any atom is -0.364 e. The number of nitrogens with one attached hydrogen (secondary N) is 1. The van der Waals surface area contributed by atoms with Gasteiger partial charge in [-0.2, -0.15) is 0 Å². The maximum Gasteiger partial charge on any atom is 0.194 e. The van der Waals surface area contributed by atoms with Crippen molar-refractivity contribution in [2.75, 3.05) is 32.7 Å². The Morgan fingerprint density at radius 1 is 1.17 bits per heavy atom. The molecule has 1 aliphatic rings. The fraction of sp³-hybridized carbons (Fsp3) is 0.381. The third-order valence-electron chi connectivity index (χ3n) is 5.06. The normalized spacial score (nSPS) is 15.1. The minimum atomic E-state index is 0. The number of hydrogen-bond donors (Lipinski definition) is 1. The second-order valence-electron chi connectivity index (χ2n) is 7.02. The molecule has 0 amide bonds. The number of benzene rings is 1. The third kappa shape index (κ3) is 5.60. The lowest BCUT2D eigenvalue weighted by atomic mass is 10.2. The zero-order chi connectivity index (χ0) is 19.9. The number of nitrogens with zero attached hydrogens (tertiary/aromatic N) is 6. The molecule has 1 fully saturated rings. The van der Waals surface area contributed by atoms with E-state index in [-0.39, 0.29) is 24.0 Å². The molecule has 1 aromatic carbocycles. The van der Waals surface area contributed by atoms with Crippen LogP contribution in [0.4, 0.5) is 0 Å². The number of aromatic nitrogens is 3. The molecular weight excluding hydrogens is 493 g/mol. The van der Waals surface area contributed by atoms with Crippen LogP contribution in [0, 0.1) is 0 Å². The number of guanidine groups is 1. The van der Waals surface area contributed by atoms with E-state index >= 15 is 0 Å². The van der Waals surface area contributed by atoms with Crippen LogP contribution < -0.4 is 5.32 Å². The molecule has 0 radical (unpaired) electrons. The average molecular weight is 521 g/mol. The molecule has 0 aliphatic carbocycles. The van der Waals surface area contributed by atoms with E-state index in [2.05, 4.69) is 50.4 Å². The summed E-state index contributed by atoms with van der Waals surface area (Å²) < 4.78 is 6.96. The summed E-state index contributed by atoms with van der Waals surface area (Å²) >= 11 is 0. The molecule has 1 aliphatic heterocycles. The van der Waals surface area contributed by atoms with Crippen molar-refractivity contribution in [2.24, 2.45) is 4.99 Å². The van der Waals surface area contributed by atoms with Gasteiger partial charge in [-0.3, -0.25) is 4.90 Å². The number of imidazole rings is 1. The lowest BCUT2D eigenvalue weighted by Gasteiger charge is -2.36. The van der Waals surface area contributed by atoms with Crippen LogP contribution in [0.5, 0.6) is 0 Å². The summed E-state index contributed by atoms with van der Waals surface area (Å²) in [6, 6.07) is 10.2. The monoisotopic (exact) mass is 521 g/mol. The van der Waals surface area contributed by atoms with E-state index in [0.717, 1.165) is 56.6 Å². The van der Waals surface area contributed by atoms with E-state index in [4.69, 9.17) is 9.52 Å². The van der Waals surface area contributed by atoms with Crippen LogP contribution in [0.1, 0.15) is 18.2 Å². The minimum absolute atomic E-state index is 0. The third-order valence-corrected chi connectivity index (χ3v) is 5.06. The van der Waals surface area contributed by atoms with Crippen LogP contribution in [-0.2, 0) is 13.1 Å². The van der Waals surface area contributed by atoms with Gasteiger partial charge in [-0.05, 0) is 18.6 Å². The second kappa shape index (κ2) is 11.1. The van der Waals surface area contributed by atoms with Crippen LogP contribution in [-0.4, -0.2) is 63.2 Å². The fourth-order valence-corrected chi connectivity index (χ4v) is 3.55. The van der Waals surface area contributed by atoms with Gasteiger partial charge < -0.3 is 19.3 Å². The van der Waals surface area contributed by atoms with Crippen LogP contribution in [0.3, 0.4) is 0 Å². The number of hydrogen-bond acceptors (Lipinski definition) is 5. The zero-order valence-corrected chi connectivity index (χ0v) is 19.5. The van der Waals surface area contributed by atoms with E-state index in [1.165, 1.54) is 5.56 Å². The Hall–Kier alpha value is -2.40. The molecular formula is C21H28IN7O. The topological polar surface area (TPSA) is 74.7 Å². The molecule has 1 saturated heterocycles. The number of rotatable bonds is 6. The molecule has 0 bridgehead atoms. The highest BCUT2D eigenvalue weighted by molar-refractivity contribution is 14.0. The first kappa shape index (κ1) is 22.3. The highest BCUT2D eigenvalue weighted by Crippen LogP contribution is 2.15. The summed E-state index contributed by atoms with van der Waals surface area (Å²) in [7, 11) is 0. The Bertz CT molecular complexity index is 903. The van der Waals surface area contributed by atoms with Crippen molar-refractivity contribution in [3.63, 3.8) is 0 Å². The molecule has 8 nitrogen and oxygen atoms in total. The predicted molar refractivity (Wildman–Crippen MR) is 127 cm³/mol. The second-order valence-corrected chi connectivity index (χ2v) is 7.02. The predicted octanol–water partition coefficient (Wildman–Crippen LogP) is 2.76. The van der Waals surface area contributed by atoms with Crippen LogP contribution in [0.2, 0.25) is 0 Å². The summed E-state index contributed by atoms with van der Waals surface area (Å²) in [6.45, 7) is 8.23. The molecule has 9 heteroatoms. The number of piperazine rings is 1. The zero-order valence-electron chi connectivity index (χ0n) is 17.1. The van der Waals surface area contributed by atoms with E-state index in [0.29, 0.717) is 6.54 Å². The molecule has 1 N–H and O–H groups in total. The highest BCUT2D eigenvalue weighted by atomic mass is 127. The summed E-state index contributed by atoms with van der Waals surface area (Å²) in [5, 5.41) is 7.46. The summed E-state index contributed by atoms with van der Waals surface area (Å²) in [5.41, 5.74) is 3.27. The molecule has 30 heavy (non-hydrogen) atoms. The van der Waals surface area contributed by atoms with E-state index in [9.17, 15) is 0 Å². The molecule has 3 aromatic rings. The maximum absolute atomic E-state index is 4.94. The first-order valence-corrected chi connectivity index (χ1v) is 10.0. The number of aliphatic imine (C=N–C) groups is 1. The van der Waals surface area contributed by atoms with Crippen molar-refractivity contribution >= 4 is 29.9 Å². The Labute approximate surface area is 194 Å². The Balaban J connectivity index is 0.00000256. The van der Waals surface area contributed by atoms with Gasteiger partial charge in [0.25, 0.3) is 0 Å². The van der Waals surface area contributed by atoms with E-state index < -0.39 is 0 Å². The average Bonchev–Trinajstić information content (AvgIpc) is 3.46. The summed E-state index contributed by atoms with van der Waals surface area (Å²) in [6.07, 6.45) is 7.20. The smallest absolute Gasteiger partial charge is 0.194 e. The van der Waals surface area contributed by atoms with E-state index in [1.807, 2.05) is 29.2 Å². The summed E-state index contributed by atoms with van der Waals surface area (Å²) in [4.78, 5) is 13.8. The summed E-state index contributed by atoms with van der Waals surface area (Å²) in [5.74, 6) is 0.967. The van der Waals surface area contributed by atoms with Crippen molar-refractivity contribution in [3.05, 3.63) is 66.6 Å². The van der Waals surface area contributed by atoms with Crippen molar-refractivity contribution in [2.45, 2.75) is 20.0 Å². The first-order chi connectivity index (χ1) is 14.3. The molecule has 0 saturated carbocycles. The molecule has 3 heterocycles. The van der Waals surface area contributed by atoms with Crippen molar-refractivity contribution in [1.29, 1.82) is 0 Å². The Morgan fingerprint density at radius 3 is 2.70 bits per heavy atom. The molecule has 160 valence electrons. The van der Waals surface area contributed by atoms with Gasteiger partial charge in [0, 0.05) is 57.7 Å². The fourth-order valence-electron chi connectivity index (χ4n) is 3.55. The van der Waals surface area contributed by atoms with Crippen molar-refractivity contribution < 1.29 is 4.52 Å². The van der Waals surface area contributed by atoms with Crippen LogP contribution in [0.15, 0.2) is 64.8 Å². The van der Waals surface area contributed by atoms with Gasteiger partial charge in [-0.25, -0.2) is 9.98 Å². The van der Waals surface area contributed by atoms with Gasteiger partial charge in [-0.15, -0.1) is 24.0 Å². The molecule has 0 spiro atoms. The van der Waals surface area contributed by atoms with Crippen molar-refractivity contribution in [3.8, 4) is 5.69 Å². The lowest BCUT2D eigenvalue weighted by molar-refractivity contribution is 0.169. The first-order valence-electron chi connectivity index (χ1n) is 10.0. The molecule has 2 aromatic heterocycles. The lowest BCUT2D eigenvalue weighted by Crippen LogP contribution is -2.52. The standard InChI is InChI=1S/C21H27N7O.HI/c1-2-23-21(27-12-10-26(11-13-27)16-19-7-14-29-25-19)24-15-18-5-3-4-6-20(18)28-9-8-22-17-28;/h3-9,14,17H,2,10-13,15-16H2,1H3,(H,23,24);1H. The number of para-hydroxylation sites is 1. The van der Waals surface area contributed by atoms with Crippen LogP contribution >= 0.6 is 24.0 Å². The van der Waals surface area contributed by atoms with Crippen molar-refractivity contribution in [1.82, 2.24) is 29.8 Å². The number of halogens is 1. The molecule has 0 unspecified atom stereocenters. The maximum atomic E-state index is 4.94. The van der Waals surface area contributed by atoms with Gasteiger partial charge in [0.15, 0.2) is 5.96 Å². The van der Waals surface area contributed by atoms with Gasteiger partial charge in [0.05, 0.1) is 24.3 Å². The van der Waals surface area contributed by atoms with Crippen LogP contribution in [0.25, 0.3) is 5.69 Å². The highest BCUT2D eigenvalue weighted by Gasteiger charge is 2.20. The molecule has 0 atom stereocenters.